The Hall–Kier alpha value is -0.980. The minimum atomic E-state index is 1.09. The van der Waals surface area contributed by atoms with Gasteiger partial charge in [-0.3, -0.25) is 0 Å². The fraction of sp³-hybridized carbons (Fsp3) is 0.769. The van der Waals surface area contributed by atoms with E-state index in [-0.39, 0.29) is 0 Å². The Kier molecular flexibility index (Phi) is 15.3. The number of nitrogen functional groups attached to an aromatic ring is 1. The van der Waals surface area contributed by atoms with Crippen LogP contribution in [0.4, 0.5) is 5.69 Å². The lowest BCUT2D eigenvalue weighted by Crippen LogP contribution is -2.00. The number of anilines is 1. The zero-order valence-electron chi connectivity index (χ0n) is 18.5. The average molecular weight is 374 g/mol. The lowest BCUT2D eigenvalue weighted by Gasteiger charge is -2.11. The van der Waals surface area contributed by atoms with Crippen molar-refractivity contribution in [1.82, 2.24) is 0 Å². The summed E-state index contributed by atoms with van der Waals surface area (Å²) in [6.45, 7) is 4.57. The summed E-state index contributed by atoms with van der Waals surface area (Å²) < 4.78 is 0. The van der Waals surface area contributed by atoms with Gasteiger partial charge in [0.1, 0.15) is 0 Å². The molecule has 1 aromatic rings. The predicted molar refractivity (Wildman–Crippen MR) is 123 cm³/mol. The van der Waals surface area contributed by atoms with Gasteiger partial charge in [-0.05, 0) is 36.8 Å². The van der Waals surface area contributed by atoms with E-state index in [1.807, 2.05) is 0 Å². The van der Waals surface area contributed by atoms with Gasteiger partial charge in [-0.25, -0.2) is 0 Å². The van der Waals surface area contributed by atoms with E-state index in [1.165, 1.54) is 114 Å². The molecule has 0 heterocycles. The van der Waals surface area contributed by atoms with Crippen molar-refractivity contribution in [3.05, 3.63) is 29.3 Å². The number of para-hydroxylation sites is 1. The molecular formula is C26H47N. The Labute approximate surface area is 170 Å². The van der Waals surface area contributed by atoms with Gasteiger partial charge in [-0.2, -0.15) is 0 Å². The molecule has 27 heavy (non-hydrogen) atoms. The summed E-state index contributed by atoms with van der Waals surface area (Å²) in [5.41, 5.74) is 10.3. The summed E-state index contributed by atoms with van der Waals surface area (Å²) in [5.74, 6) is 0. The highest BCUT2D eigenvalue weighted by Gasteiger charge is 2.05. The number of hydrogen-bond acceptors (Lipinski definition) is 1. The third-order valence-corrected chi connectivity index (χ3v) is 5.89. The van der Waals surface area contributed by atoms with Crippen LogP contribution in [-0.2, 0) is 12.8 Å². The van der Waals surface area contributed by atoms with Gasteiger partial charge in [0.25, 0.3) is 0 Å². The molecule has 1 nitrogen and oxygen atoms in total. The maximum Gasteiger partial charge on any atom is 0.0379 e. The van der Waals surface area contributed by atoms with E-state index in [0.29, 0.717) is 0 Å². The van der Waals surface area contributed by atoms with Crippen molar-refractivity contribution in [3.8, 4) is 0 Å². The van der Waals surface area contributed by atoms with Crippen molar-refractivity contribution >= 4 is 5.69 Å². The van der Waals surface area contributed by atoms with E-state index < -0.39 is 0 Å². The second kappa shape index (κ2) is 17.1. The van der Waals surface area contributed by atoms with Crippen molar-refractivity contribution in [3.63, 3.8) is 0 Å². The number of benzene rings is 1. The van der Waals surface area contributed by atoms with Gasteiger partial charge in [-0.1, -0.05) is 122 Å². The van der Waals surface area contributed by atoms with E-state index in [4.69, 9.17) is 5.73 Å². The van der Waals surface area contributed by atoms with Crippen LogP contribution in [0.3, 0.4) is 0 Å². The van der Waals surface area contributed by atoms with Crippen LogP contribution in [0.5, 0.6) is 0 Å². The van der Waals surface area contributed by atoms with E-state index >= 15 is 0 Å². The SMILES string of the molecule is CCCCCCCCCCc1cccc(CCCCCCCCCC)c1N. The van der Waals surface area contributed by atoms with E-state index in [1.54, 1.807) is 0 Å². The maximum atomic E-state index is 6.47. The first-order valence-electron chi connectivity index (χ1n) is 12.2. The standard InChI is InChI=1S/C26H47N/c1-3-5-7-9-11-13-15-17-20-24-22-19-23-25(26(24)27)21-18-16-14-12-10-8-6-4-2/h19,22-23H,3-18,20-21,27H2,1-2H3. The molecule has 0 saturated carbocycles. The number of hydrogen-bond donors (Lipinski definition) is 1. The van der Waals surface area contributed by atoms with Crippen LogP contribution in [0.25, 0.3) is 0 Å². The first-order chi connectivity index (χ1) is 13.3. The Morgan fingerprint density at radius 2 is 0.852 bits per heavy atom. The normalized spacial score (nSPS) is 11.2. The minimum Gasteiger partial charge on any atom is -0.398 e. The molecule has 0 amide bonds. The molecule has 2 N–H and O–H groups in total. The highest BCUT2D eigenvalue weighted by Crippen LogP contribution is 2.22. The molecule has 1 heteroatoms. The van der Waals surface area contributed by atoms with Crippen LogP contribution in [0, 0.1) is 0 Å². The molecule has 1 rings (SSSR count). The van der Waals surface area contributed by atoms with Crippen LogP contribution in [0.1, 0.15) is 128 Å². The summed E-state index contributed by atoms with van der Waals surface area (Å²) in [6, 6.07) is 6.71. The molecule has 0 bridgehead atoms. The van der Waals surface area contributed by atoms with Crippen molar-refractivity contribution < 1.29 is 0 Å². The highest BCUT2D eigenvalue weighted by atomic mass is 14.6. The molecule has 1 aromatic carbocycles. The van der Waals surface area contributed by atoms with Gasteiger partial charge < -0.3 is 5.73 Å². The van der Waals surface area contributed by atoms with Crippen LogP contribution >= 0.6 is 0 Å². The third-order valence-electron chi connectivity index (χ3n) is 5.89. The molecule has 0 aromatic heterocycles. The quantitative estimate of drug-likeness (QED) is 0.202. The van der Waals surface area contributed by atoms with Gasteiger partial charge >= 0.3 is 0 Å². The molecule has 0 aliphatic rings. The number of aryl methyl sites for hydroxylation is 2. The first-order valence-corrected chi connectivity index (χ1v) is 12.2. The fourth-order valence-corrected chi connectivity index (χ4v) is 4.00. The number of rotatable bonds is 18. The van der Waals surface area contributed by atoms with Gasteiger partial charge in [0.2, 0.25) is 0 Å². The number of nitrogens with two attached hydrogens (primary N) is 1. The maximum absolute atomic E-state index is 6.47. The van der Waals surface area contributed by atoms with E-state index in [2.05, 4.69) is 32.0 Å². The lowest BCUT2D eigenvalue weighted by molar-refractivity contribution is 0.574. The molecule has 0 aliphatic carbocycles. The highest BCUT2D eigenvalue weighted by molar-refractivity contribution is 5.53. The van der Waals surface area contributed by atoms with Crippen LogP contribution in [0.2, 0.25) is 0 Å². The largest absolute Gasteiger partial charge is 0.398 e. The van der Waals surface area contributed by atoms with Gasteiger partial charge in [0.05, 0.1) is 0 Å². The molecule has 0 atom stereocenters. The second-order valence-corrected chi connectivity index (χ2v) is 8.44. The summed E-state index contributed by atoms with van der Waals surface area (Å²) in [4.78, 5) is 0. The molecule has 0 radical (unpaired) electrons. The van der Waals surface area contributed by atoms with Crippen molar-refractivity contribution in [1.29, 1.82) is 0 Å². The van der Waals surface area contributed by atoms with Gasteiger partial charge in [-0.15, -0.1) is 0 Å². The van der Waals surface area contributed by atoms with Crippen molar-refractivity contribution in [2.75, 3.05) is 5.73 Å². The zero-order chi connectivity index (χ0) is 19.6. The molecule has 0 unspecified atom stereocenters. The van der Waals surface area contributed by atoms with E-state index in [9.17, 15) is 0 Å². The zero-order valence-corrected chi connectivity index (χ0v) is 18.5. The lowest BCUT2D eigenvalue weighted by atomic mass is 9.97. The van der Waals surface area contributed by atoms with Crippen LogP contribution < -0.4 is 5.73 Å². The average Bonchev–Trinajstić information content (AvgIpc) is 2.68. The Bertz CT molecular complexity index is 413. The van der Waals surface area contributed by atoms with Crippen LogP contribution in [-0.4, -0.2) is 0 Å². The molecule has 0 saturated heterocycles. The second-order valence-electron chi connectivity index (χ2n) is 8.44. The minimum absolute atomic E-state index is 1.09. The third kappa shape index (κ3) is 12.2. The number of unbranched alkanes of at least 4 members (excludes halogenated alkanes) is 14. The summed E-state index contributed by atoms with van der Waals surface area (Å²) in [6.07, 6.45) is 24.4. The van der Waals surface area contributed by atoms with Gasteiger partial charge in [0.15, 0.2) is 0 Å². The summed E-state index contributed by atoms with van der Waals surface area (Å²) >= 11 is 0. The summed E-state index contributed by atoms with van der Waals surface area (Å²) in [5, 5.41) is 0. The Morgan fingerprint density at radius 3 is 1.22 bits per heavy atom. The molecule has 156 valence electrons. The Morgan fingerprint density at radius 1 is 0.519 bits per heavy atom. The monoisotopic (exact) mass is 373 g/mol. The van der Waals surface area contributed by atoms with Crippen molar-refractivity contribution in [2.45, 2.75) is 129 Å². The predicted octanol–water partition coefficient (Wildman–Crippen LogP) is 8.64. The molecular weight excluding hydrogens is 326 g/mol. The van der Waals surface area contributed by atoms with Crippen molar-refractivity contribution in [2.24, 2.45) is 0 Å². The first kappa shape index (κ1) is 24.1. The van der Waals surface area contributed by atoms with Gasteiger partial charge in [0, 0.05) is 5.69 Å². The molecule has 0 aliphatic heterocycles. The van der Waals surface area contributed by atoms with Crippen LogP contribution in [0.15, 0.2) is 18.2 Å². The smallest absolute Gasteiger partial charge is 0.0379 e. The Balaban J connectivity index is 2.15. The topological polar surface area (TPSA) is 26.0 Å². The van der Waals surface area contributed by atoms with E-state index in [0.717, 1.165) is 18.5 Å². The summed E-state index contributed by atoms with van der Waals surface area (Å²) in [7, 11) is 0. The molecule has 0 spiro atoms. The molecule has 0 fully saturated rings. The fourth-order valence-electron chi connectivity index (χ4n) is 4.00.